The van der Waals surface area contributed by atoms with Crippen LogP contribution >= 0.6 is 0 Å². The van der Waals surface area contributed by atoms with Crippen molar-refractivity contribution in [3.8, 4) is 0 Å². The Balaban J connectivity index is 2.44. The third kappa shape index (κ3) is 1.37. The first-order valence-corrected chi connectivity index (χ1v) is 4.93. The summed E-state index contributed by atoms with van der Waals surface area (Å²) < 4.78 is 1.69. The molecule has 0 saturated carbocycles. The van der Waals surface area contributed by atoms with Crippen molar-refractivity contribution >= 4 is 0 Å². The van der Waals surface area contributed by atoms with Crippen molar-refractivity contribution in [1.29, 1.82) is 0 Å². The van der Waals surface area contributed by atoms with Crippen LogP contribution in [0.25, 0.3) is 0 Å². The van der Waals surface area contributed by atoms with E-state index in [0.717, 1.165) is 0 Å². The first-order valence-electron chi connectivity index (χ1n) is 4.93. The van der Waals surface area contributed by atoms with Gasteiger partial charge in [-0.15, -0.1) is 15.3 Å². The largest absolute Gasteiger partial charge is 0.224 e. The predicted octanol–water partition coefficient (Wildman–Crippen LogP) is -0.170. The van der Waals surface area contributed by atoms with Gasteiger partial charge in [0.25, 0.3) is 0 Å². The second-order valence-corrected chi connectivity index (χ2v) is 4.60. The van der Waals surface area contributed by atoms with Crippen LogP contribution in [0.5, 0.6) is 0 Å². The summed E-state index contributed by atoms with van der Waals surface area (Å²) in [5.41, 5.74) is -0.782. The summed E-state index contributed by atoms with van der Waals surface area (Å²) in [5, 5.41) is 23.0. The lowest BCUT2D eigenvalue weighted by atomic mass is 9.83. The van der Waals surface area contributed by atoms with Crippen LogP contribution in [-0.2, 0) is 11.1 Å². The highest BCUT2D eigenvalue weighted by Gasteiger charge is 2.43. The quantitative estimate of drug-likeness (QED) is 0.716. The van der Waals surface area contributed by atoms with E-state index < -0.39 is 5.54 Å². The van der Waals surface area contributed by atoms with Gasteiger partial charge in [-0.2, -0.15) is 4.80 Å². The lowest BCUT2D eigenvalue weighted by Gasteiger charge is -2.39. The molecule has 0 unspecified atom stereocenters. The van der Waals surface area contributed by atoms with E-state index in [-0.39, 0.29) is 5.54 Å². The Labute approximate surface area is 92.6 Å². The van der Waals surface area contributed by atoms with Gasteiger partial charge >= 0.3 is 0 Å². The van der Waals surface area contributed by atoms with E-state index in [1.165, 1.54) is 6.33 Å². The molecule has 0 saturated heterocycles. The van der Waals surface area contributed by atoms with Gasteiger partial charge in [-0.1, -0.05) is 0 Å². The maximum absolute atomic E-state index is 4.08. The Kier molecular flexibility index (Phi) is 2.21. The minimum Gasteiger partial charge on any atom is -0.224 e. The number of hydrogen-bond acceptors (Lipinski definition) is 6. The molecule has 0 N–H and O–H groups in total. The molecule has 0 aliphatic heterocycles. The van der Waals surface area contributed by atoms with Gasteiger partial charge in [0.15, 0.2) is 6.33 Å². The molecule has 0 bridgehead atoms. The third-order valence-corrected chi connectivity index (χ3v) is 3.27. The fourth-order valence-electron chi connectivity index (χ4n) is 1.37. The lowest BCUT2D eigenvalue weighted by Crippen LogP contribution is -2.50. The number of nitrogens with zero attached hydrogens (tertiary/aromatic N) is 8. The summed E-state index contributed by atoms with van der Waals surface area (Å²) >= 11 is 0. The Morgan fingerprint density at radius 2 is 1.69 bits per heavy atom. The van der Waals surface area contributed by atoms with Crippen LogP contribution in [0.1, 0.15) is 27.7 Å². The Bertz CT molecular complexity index is 396. The van der Waals surface area contributed by atoms with Gasteiger partial charge in [0.05, 0.1) is 5.54 Å². The highest BCUT2D eigenvalue weighted by molar-refractivity contribution is 4.92. The summed E-state index contributed by atoms with van der Waals surface area (Å²) in [5.74, 6) is 0. The van der Waals surface area contributed by atoms with E-state index in [1.54, 1.807) is 15.8 Å². The van der Waals surface area contributed by atoms with Crippen molar-refractivity contribution in [2.24, 2.45) is 0 Å². The standard InChI is InChI=1S/C8H14N8/c1-7(2,15-6-10-12-14-15)8(3,4)16-11-5-9-13-16/h5-6H,1-4H3. The fraction of sp³-hybridized carbons (Fsp3) is 0.750. The third-order valence-electron chi connectivity index (χ3n) is 3.27. The molecule has 16 heavy (non-hydrogen) atoms. The zero-order valence-electron chi connectivity index (χ0n) is 9.73. The van der Waals surface area contributed by atoms with Crippen LogP contribution in [0.15, 0.2) is 12.7 Å². The van der Waals surface area contributed by atoms with Crippen molar-refractivity contribution in [3.05, 3.63) is 12.7 Å². The van der Waals surface area contributed by atoms with Crippen molar-refractivity contribution in [2.45, 2.75) is 38.8 Å². The summed E-state index contributed by atoms with van der Waals surface area (Å²) in [6.45, 7) is 8.06. The molecule has 2 aromatic rings. The number of hydrogen-bond donors (Lipinski definition) is 0. The van der Waals surface area contributed by atoms with Gasteiger partial charge in [0.1, 0.15) is 11.9 Å². The topological polar surface area (TPSA) is 87.2 Å². The van der Waals surface area contributed by atoms with Crippen LogP contribution in [0.4, 0.5) is 0 Å². The predicted molar refractivity (Wildman–Crippen MR) is 54.3 cm³/mol. The Hall–Kier alpha value is -1.86. The fourth-order valence-corrected chi connectivity index (χ4v) is 1.37. The molecule has 0 aromatic carbocycles. The molecule has 2 rings (SSSR count). The van der Waals surface area contributed by atoms with E-state index in [9.17, 15) is 0 Å². The second-order valence-electron chi connectivity index (χ2n) is 4.60. The normalized spacial score (nSPS) is 13.0. The molecule has 0 spiro atoms. The minimum absolute atomic E-state index is 0.378. The van der Waals surface area contributed by atoms with E-state index in [2.05, 4.69) is 30.9 Å². The van der Waals surface area contributed by atoms with Gasteiger partial charge in [0, 0.05) is 0 Å². The SMILES string of the molecule is CC(C)(n1cnnn1)C(C)(C)n1ncnn1. The Morgan fingerprint density at radius 3 is 2.19 bits per heavy atom. The minimum atomic E-state index is -0.404. The highest BCUT2D eigenvalue weighted by atomic mass is 15.6. The first kappa shape index (κ1) is 10.7. The van der Waals surface area contributed by atoms with Crippen molar-refractivity contribution in [1.82, 2.24) is 40.4 Å². The van der Waals surface area contributed by atoms with E-state index in [0.29, 0.717) is 0 Å². The summed E-state index contributed by atoms with van der Waals surface area (Å²) in [7, 11) is 0. The summed E-state index contributed by atoms with van der Waals surface area (Å²) in [4.78, 5) is 1.56. The van der Waals surface area contributed by atoms with E-state index in [1.807, 2.05) is 27.7 Å². The highest BCUT2D eigenvalue weighted by Crippen LogP contribution is 2.33. The second kappa shape index (κ2) is 3.32. The molecule has 8 nitrogen and oxygen atoms in total. The maximum atomic E-state index is 4.08. The van der Waals surface area contributed by atoms with E-state index in [4.69, 9.17) is 0 Å². The van der Waals surface area contributed by atoms with Crippen molar-refractivity contribution < 1.29 is 0 Å². The Morgan fingerprint density at radius 1 is 0.938 bits per heavy atom. The number of tetrazole rings is 2. The molecule has 2 heterocycles. The van der Waals surface area contributed by atoms with Crippen LogP contribution in [0.2, 0.25) is 0 Å². The summed E-state index contributed by atoms with van der Waals surface area (Å²) in [6.07, 6.45) is 3.00. The average molecular weight is 222 g/mol. The molecule has 86 valence electrons. The van der Waals surface area contributed by atoms with Crippen molar-refractivity contribution in [2.75, 3.05) is 0 Å². The molecular formula is C8H14N8. The van der Waals surface area contributed by atoms with Crippen LogP contribution in [0, 0.1) is 0 Å². The van der Waals surface area contributed by atoms with Crippen LogP contribution in [-0.4, -0.2) is 40.4 Å². The molecular weight excluding hydrogens is 208 g/mol. The lowest BCUT2D eigenvalue weighted by molar-refractivity contribution is 0.0798. The van der Waals surface area contributed by atoms with Gasteiger partial charge in [0.2, 0.25) is 0 Å². The van der Waals surface area contributed by atoms with E-state index >= 15 is 0 Å². The maximum Gasteiger partial charge on any atom is 0.162 e. The zero-order valence-corrected chi connectivity index (χ0v) is 9.73. The first-order chi connectivity index (χ1) is 7.46. The molecule has 2 aromatic heterocycles. The average Bonchev–Trinajstić information content (AvgIpc) is 2.91. The van der Waals surface area contributed by atoms with Gasteiger partial charge < -0.3 is 0 Å². The summed E-state index contributed by atoms with van der Waals surface area (Å²) in [6, 6.07) is 0. The smallest absolute Gasteiger partial charge is 0.162 e. The van der Waals surface area contributed by atoms with Gasteiger partial charge in [-0.3, -0.25) is 0 Å². The van der Waals surface area contributed by atoms with Crippen LogP contribution in [0.3, 0.4) is 0 Å². The molecule has 0 atom stereocenters. The number of aromatic nitrogens is 8. The van der Waals surface area contributed by atoms with Crippen LogP contribution < -0.4 is 0 Å². The molecule has 0 radical (unpaired) electrons. The molecule has 0 amide bonds. The molecule has 0 aliphatic rings. The van der Waals surface area contributed by atoms with Gasteiger partial charge in [-0.05, 0) is 43.3 Å². The monoisotopic (exact) mass is 222 g/mol. The van der Waals surface area contributed by atoms with Crippen molar-refractivity contribution in [3.63, 3.8) is 0 Å². The molecule has 0 fully saturated rings. The van der Waals surface area contributed by atoms with Gasteiger partial charge in [-0.25, -0.2) is 4.68 Å². The zero-order chi connectivity index (χ0) is 11.8. The molecule has 8 heteroatoms. The number of rotatable bonds is 3. The molecule has 0 aliphatic carbocycles.